The lowest BCUT2D eigenvalue weighted by Gasteiger charge is -2.13. The summed E-state index contributed by atoms with van der Waals surface area (Å²) in [6, 6.07) is 25.6. The molecule has 0 aliphatic heterocycles. The predicted octanol–water partition coefficient (Wildman–Crippen LogP) is 5.50. The van der Waals surface area contributed by atoms with Crippen molar-refractivity contribution in [3.63, 3.8) is 0 Å². The minimum Gasteiger partial charge on any atom is -0.505 e. The van der Waals surface area contributed by atoms with Crippen LogP contribution in [0.15, 0.2) is 85.1 Å². The molecule has 2 aromatic heterocycles. The summed E-state index contributed by atoms with van der Waals surface area (Å²) in [5.74, 6) is 0.0999. The van der Waals surface area contributed by atoms with E-state index in [0.717, 1.165) is 33.6 Å². The maximum atomic E-state index is 11.1. The highest BCUT2D eigenvalue weighted by atomic mass is 16.3. The minimum atomic E-state index is 0.0999. The van der Waals surface area contributed by atoms with Gasteiger partial charge < -0.3 is 10.8 Å². The van der Waals surface area contributed by atoms with Crippen LogP contribution < -0.4 is 5.73 Å². The zero-order valence-electron chi connectivity index (χ0n) is 17.7. The molecule has 0 aliphatic carbocycles. The van der Waals surface area contributed by atoms with E-state index in [2.05, 4.69) is 4.98 Å². The number of nitrogens with zero attached hydrogens (tertiary/aromatic N) is 3. The van der Waals surface area contributed by atoms with Gasteiger partial charge >= 0.3 is 0 Å². The number of phenolic OH excluding ortho intramolecular Hbond substituents is 1. The second-order valence-electron chi connectivity index (χ2n) is 7.71. The Bertz CT molecular complexity index is 1400. The monoisotopic (exact) mass is 418 g/mol. The first-order chi connectivity index (χ1) is 15.6. The van der Waals surface area contributed by atoms with E-state index >= 15 is 0 Å². The van der Waals surface area contributed by atoms with E-state index in [4.69, 9.17) is 15.7 Å². The number of hydrogen-bond acceptors (Lipinski definition) is 5. The molecule has 0 aliphatic rings. The van der Waals surface area contributed by atoms with Gasteiger partial charge in [-0.2, -0.15) is 0 Å². The van der Waals surface area contributed by atoms with Crippen molar-refractivity contribution in [2.45, 2.75) is 13.5 Å². The molecule has 0 saturated heterocycles. The Kier molecular flexibility index (Phi) is 5.09. The van der Waals surface area contributed by atoms with Crippen LogP contribution in [-0.2, 0) is 6.54 Å². The standard InChI is InChI=1S/C27H22N4O/c1-17-7-10-21(16-29-17)22-13-14-23-26(27(22)32)31-25(19-5-3-2-4-6-19)24(30-23)20-11-8-18(15-28)9-12-20/h2-14,16,32H,15,28H2,1H3. The smallest absolute Gasteiger partial charge is 0.151 e. The number of phenols is 1. The van der Waals surface area contributed by atoms with Gasteiger partial charge in [-0.1, -0.05) is 60.7 Å². The van der Waals surface area contributed by atoms with Gasteiger partial charge in [-0.15, -0.1) is 0 Å². The maximum absolute atomic E-state index is 11.1. The summed E-state index contributed by atoms with van der Waals surface area (Å²) in [7, 11) is 0. The normalized spacial score (nSPS) is 11.1. The van der Waals surface area contributed by atoms with E-state index in [9.17, 15) is 5.11 Å². The number of pyridine rings is 1. The van der Waals surface area contributed by atoms with Crippen LogP contribution in [0.3, 0.4) is 0 Å². The molecule has 32 heavy (non-hydrogen) atoms. The number of aromatic hydroxyl groups is 1. The highest BCUT2D eigenvalue weighted by molar-refractivity contribution is 5.93. The third kappa shape index (κ3) is 3.59. The van der Waals surface area contributed by atoms with Crippen molar-refractivity contribution in [2.75, 3.05) is 0 Å². The van der Waals surface area contributed by atoms with Crippen molar-refractivity contribution >= 4 is 11.0 Å². The first-order valence-corrected chi connectivity index (χ1v) is 10.5. The summed E-state index contributed by atoms with van der Waals surface area (Å²) in [6.07, 6.45) is 1.76. The van der Waals surface area contributed by atoms with Crippen molar-refractivity contribution in [1.82, 2.24) is 15.0 Å². The van der Waals surface area contributed by atoms with E-state index in [1.165, 1.54) is 0 Å². The zero-order chi connectivity index (χ0) is 22.1. The average molecular weight is 419 g/mol. The first kappa shape index (κ1) is 19.8. The third-order valence-corrected chi connectivity index (χ3v) is 5.54. The number of aromatic nitrogens is 3. The van der Waals surface area contributed by atoms with E-state index in [-0.39, 0.29) is 5.75 Å². The molecule has 0 spiro atoms. The molecule has 0 fully saturated rings. The van der Waals surface area contributed by atoms with Crippen LogP contribution in [0.1, 0.15) is 11.3 Å². The third-order valence-electron chi connectivity index (χ3n) is 5.54. The Morgan fingerprint density at radius 1 is 0.750 bits per heavy atom. The highest BCUT2D eigenvalue weighted by Gasteiger charge is 2.17. The summed E-state index contributed by atoms with van der Waals surface area (Å²) < 4.78 is 0. The first-order valence-electron chi connectivity index (χ1n) is 10.5. The Hall–Kier alpha value is -4.09. The quantitative estimate of drug-likeness (QED) is 0.403. The van der Waals surface area contributed by atoms with Gasteiger partial charge in [0.1, 0.15) is 5.52 Å². The fourth-order valence-corrected chi connectivity index (χ4v) is 3.76. The molecule has 0 saturated carbocycles. The Morgan fingerprint density at radius 3 is 2.12 bits per heavy atom. The molecule has 0 unspecified atom stereocenters. The van der Waals surface area contributed by atoms with Gasteiger partial charge in [-0.25, -0.2) is 9.97 Å². The largest absolute Gasteiger partial charge is 0.505 e. The fourth-order valence-electron chi connectivity index (χ4n) is 3.76. The molecule has 5 rings (SSSR count). The van der Waals surface area contributed by atoms with Crippen molar-refractivity contribution < 1.29 is 5.11 Å². The van der Waals surface area contributed by atoms with E-state index in [1.807, 2.05) is 85.8 Å². The molecule has 5 nitrogen and oxygen atoms in total. The van der Waals surface area contributed by atoms with Gasteiger partial charge in [0.25, 0.3) is 0 Å². The van der Waals surface area contributed by atoms with Crippen LogP contribution in [0.5, 0.6) is 5.75 Å². The summed E-state index contributed by atoms with van der Waals surface area (Å²) >= 11 is 0. The zero-order valence-corrected chi connectivity index (χ0v) is 17.7. The Balaban J connectivity index is 1.75. The number of nitrogens with two attached hydrogens (primary N) is 1. The molecule has 3 aromatic carbocycles. The van der Waals surface area contributed by atoms with Gasteiger partial charge in [-0.3, -0.25) is 4.98 Å². The Labute approximate surface area is 186 Å². The van der Waals surface area contributed by atoms with Gasteiger partial charge in [0, 0.05) is 40.7 Å². The second kappa shape index (κ2) is 8.21. The molecule has 0 radical (unpaired) electrons. The van der Waals surface area contributed by atoms with E-state index in [1.54, 1.807) is 6.20 Å². The lowest BCUT2D eigenvalue weighted by atomic mass is 10.0. The summed E-state index contributed by atoms with van der Waals surface area (Å²) in [5.41, 5.74) is 13.7. The number of hydrogen-bond donors (Lipinski definition) is 2. The number of benzene rings is 3. The van der Waals surface area contributed by atoms with Crippen LogP contribution in [0.4, 0.5) is 0 Å². The molecule has 5 heteroatoms. The molecule has 0 bridgehead atoms. The molecular formula is C27H22N4O. The van der Waals surface area contributed by atoms with Crippen LogP contribution >= 0.6 is 0 Å². The van der Waals surface area contributed by atoms with Crippen LogP contribution in [-0.4, -0.2) is 20.1 Å². The van der Waals surface area contributed by atoms with Crippen LogP contribution in [0.25, 0.3) is 44.7 Å². The van der Waals surface area contributed by atoms with Gasteiger partial charge in [0.15, 0.2) is 5.75 Å². The molecule has 156 valence electrons. The van der Waals surface area contributed by atoms with Crippen molar-refractivity contribution in [2.24, 2.45) is 5.73 Å². The van der Waals surface area contributed by atoms with Crippen molar-refractivity contribution in [3.05, 3.63) is 96.3 Å². The molecular weight excluding hydrogens is 396 g/mol. The molecule has 0 atom stereocenters. The number of fused-ring (bicyclic) bond motifs is 1. The summed E-state index contributed by atoms with van der Waals surface area (Å²) in [4.78, 5) is 14.2. The second-order valence-corrected chi connectivity index (χ2v) is 7.71. The Morgan fingerprint density at radius 2 is 1.44 bits per heavy atom. The predicted molar refractivity (Wildman–Crippen MR) is 128 cm³/mol. The summed E-state index contributed by atoms with van der Waals surface area (Å²) in [5, 5.41) is 11.1. The van der Waals surface area contributed by atoms with Crippen molar-refractivity contribution in [3.8, 4) is 39.4 Å². The van der Waals surface area contributed by atoms with Gasteiger partial charge in [0.2, 0.25) is 0 Å². The SMILES string of the molecule is Cc1ccc(-c2ccc3nc(-c4ccc(CN)cc4)c(-c4ccccc4)nc3c2O)cn1. The lowest BCUT2D eigenvalue weighted by molar-refractivity contribution is 0.482. The maximum Gasteiger partial charge on any atom is 0.151 e. The molecule has 3 N–H and O–H groups in total. The number of rotatable bonds is 4. The average Bonchev–Trinajstić information content (AvgIpc) is 2.85. The number of aryl methyl sites for hydroxylation is 1. The molecule has 2 heterocycles. The summed E-state index contributed by atoms with van der Waals surface area (Å²) in [6.45, 7) is 2.42. The van der Waals surface area contributed by atoms with Crippen molar-refractivity contribution in [1.29, 1.82) is 0 Å². The van der Waals surface area contributed by atoms with E-state index < -0.39 is 0 Å². The minimum absolute atomic E-state index is 0.0999. The topological polar surface area (TPSA) is 84.9 Å². The van der Waals surface area contributed by atoms with Gasteiger partial charge in [0.05, 0.1) is 16.9 Å². The molecule has 5 aromatic rings. The lowest BCUT2D eigenvalue weighted by Crippen LogP contribution is -1.98. The van der Waals surface area contributed by atoms with Crippen LogP contribution in [0, 0.1) is 6.92 Å². The highest BCUT2D eigenvalue weighted by Crippen LogP contribution is 2.38. The van der Waals surface area contributed by atoms with Gasteiger partial charge in [-0.05, 0) is 30.7 Å². The van der Waals surface area contributed by atoms with Crippen LogP contribution in [0.2, 0.25) is 0 Å². The molecule has 0 amide bonds. The fraction of sp³-hybridized carbons (Fsp3) is 0.0741. The van der Waals surface area contributed by atoms with E-state index in [0.29, 0.717) is 28.8 Å².